The van der Waals surface area contributed by atoms with Gasteiger partial charge in [-0.15, -0.1) is 0 Å². The molecule has 0 spiro atoms. The molecule has 2 saturated carbocycles. The Hall–Kier alpha value is -1.58. The number of carbonyl (C=O) groups is 1. The van der Waals surface area contributed by atoms with Crippen LogP contribution in [0, 0.1) is 34.5 Å². The molecule has 4 aliphatic rings. The van der Waals surface area contributed by atoms with Gasteiger partial charge in [0.05, 0.1) is 0 Å². The summed E-state index contributed by atoms with van der Waals surface area (Å²) in [7, 11) is 0. The molecule has 26 heavy (non-hydrogen) atoms. The highest BCUT2D eigenvalue weighted by Crippen LogP contribution is 2.65. The molecular formula is C22H31N3O. The Labute approximate surface area is 156 Å². The van der Waals surface area contributed by atoms with E-state index in [-0.39, 0.29) is 17.1 Å². The second kappa shape index (κ2) is 5.71. The van der Waals surface area contributed by atoms with E-state index in [1.54, 1.807) is 12.4 Å². The Bertz CT molecular complexity index is 739. The molecule has 0 amide bonds. The first-order chi connectivity index (χ1) is 12.5. The second-order valence-corrected chi connectivity index (χ2v) is 9.65. The van der Waals surface area contributed by atoms with E-state index in [4.69, 9.17) is 0 Å². The highest BCUT2D eigenvalue weighted by atomic mass is 16.1. The monoisotopic (exact) mass is 353 g/mol. The van der Waals surface area contributed by atoms with Gasteiger partial charge in [0.15, 0.2) is 5.82 Å². The number of ketones is 1. The Kier molecular flexibility index (Phi) is 3.64. The van der Waals surface area contributed by atoms with Crippen LogP contribution in [-0.4, -0.2) is 22.3 Å². The van der Waals surface area contributed by atoms with E-state index in [9.17, 15) is 4.79 Å². The highest BCUT2D eigenvalue weighted by molar-refractivity contribution is 5.95. The summed E-state index contributed by atoms with van der Waals surface area (Å²) in [6.45, 7) is 6.05. The van der Waals surface area contributed by atoms with Gasteiger partial charge < -0.3 is 10.3 Å². The molecule has 1 aromatic rings. The van der Waals surface area contributed by atoms with Crippen molar-refractivity contribution in [3.63, 3.8) is 0 Å². The van der Waals surface area contributed by atoms with Crippen molar-refractivity contribution in [2.75, 3.05) is 6.54 Å². The third-order valence-corrected chi connectivity index (χ3v) is 8.70. The predicted molar refractivity (Wildman–Crippen MR) is 101 cm³/mol. The molecule has 140 valence electrons. The summed E-state index contributed by atoms with van der Waals surface area (Å²) in [5.74, 6) is 3.16. The Balaban J connectivity index is 1.45. The molecule has 4 heteroatoms. The first-order valence-corrected chi connectivity index (χ1v) is 10.5. The molecule has 0 aromatic carbocycles. The van der Waals surface area contributed by atoms with Crippen molar-refractivity contribution in [1.82, 2.24) is 15.3 Å². The first kappa shape index (κ1) is 16.6. The van der Waals surface area contributed by atoms with Crippen LogP contribution in [0.15, 0.2) is 24.2 Å². The predicted octanol–water partition coefficient (Wildman–Crippen LogP) is 4.33. The SMILES string of the molecule is C[C@]12CC[C@H]3[C@@H](CC=C4NCCC[C@@]43C)[C@@H]1CC[C@@H]2C(=O)c1ncc[nH]1. The van der Waals surface area contributed by atoms with Gasteiger partial charge in [-0.1, -0.05) is 19.9 Å². The number of hydrogen-bond acceptors (Lipinski definition) is 3. The topological polar surface area (TPSA) is 57.8 Å². The molecule has 0 bridgehead atoms. The summed E-state index contributed by atoms with van der Waals surface area (Å²) < 4.78 is 0. The largest absolute Gasteiger partial charge is 0.388 e. The minimum absolute atomic E-state index is 0.141. The summed E-state index contributed by atoms with van der Waals surface area (Å²) in [5.41, 5.74) is 2.01. The van der Waals surface area contributed by atoms with Crippen LogP contribution in [0.2, 0.25) is 0 Å². The zero-order chi connectivity index (χ0) is 17.9. The van der Waals surface area contributed by atoms with Gasteiger partial charge in [0.1, 0.15) is 0 Å². The fourth-order valence-electron chi connectivity index (χ4n) is 7.36. The standard InChI is InChI=1S/C22H31N3O/c1-21-10-8-16-14(4-7-18-22(16,2)9-3-11-23-18)15(21)5-6-17(21)19(26)20-24-12-13-25-20/h7,12-17,23H,3-6,8-11H2,1-2H3,(H,24,25)/t14-,15-,16-,17+,21-,22+/m0/s1. The number of fused-ring (bicyclic) bond motifs is 5. The molecule has 2 heterocycles. The first-order valence-electron chi connectivity index (χ1n) is 10.5. The average Bonchev–Trinajstić information content (AvgIpc) is 3.28. The molecule has 1 aliphatic heterocycles. The quantitative estimate of drug-likeness (QED) is 0.778. The molecule has 6 atom stereocenters. The number of imidazole rings is 1. The Morgan fingerprint density at radius 1 is 1.19 bits per heavy atom. The van der Waals surface area contributed by atoms with Gasteiger partial charge in [-0.25, -0.2) is 4.98 Å². The van der Waals surface area contributed by atoms with Gasteiger partial charge in [-0.05, 0) is 68.1 Å². The zero-order valence-electron chi connectivity index (χ0n) is 16.1. The fourth-order valence-corrected chi connectivity index (χ4v) is 7.36. The van der Waals surface area contributed by atoms with Gasteiger partial charge in [0, 0.05) is 36.0 Å². The third kappa shape index (κ3) is 2.13. The number of hydrogen-bond donors (Lipinski definition) is 2. The van der Waals surface area contributed by atoms with Gasteiger partial charge in [-0.2, -0.15) is 0 Å². The van der Waals surface area contributed by atoms with Crippen molar-refractivity contribution >= 4 is 5.78 Å². The van der Waals surface area contributed by atoms with Crippen molar-refractivity contribution in [2.45, 2.75) is 58.8 Å². The lowest BCUT2D eigenvalue weighted by molar-refractivity contribution is -0.0381. The summed E-state index contributed by atoms with van der Waals surface area (Å²) >= 11 is 0. The Morgan fingerprint density at radius 2 is 2.08 bits per heavy atom. The van der Waals surface area contributed by atoms with Crippen molar-refractivity contribution < 1.29 is 4.79 Å². The van der Waals surface area contributed by atoms with Gasteiger partial charge in [-0.3, -0.25) is 4.79 Å². The minimum atomic E-state index is 0.141. The normalized spacial score (nSPS) is 44.3. The van der Waals surface area contributed by atoms with E-state index >= 15 is 0 Å². The molecule has 1 aromatic heterocycles. The van der Waals surface area contributed by atoms with Crippen LogP contribution in [0.4, 0.5) is 0 Å². The van der Waals surface area contributed by atoms with Gasteiger partial charge in [0.2, 0.25) is 5.78 Å². The van der Waals surface area contributed by atoms with Crippen LogP contribution in [0.25, 0.3) is 0 Å². The van der Waals surface area contributed by atoms with E-state index in [0.717, 1.165) is 24.8 Å². The summed E-state index contributed by atoms with van der Waals surface area (Å²) in [6.07, 6.45) is 14.5. The maximum atomic E-state index is 13.1. The van der Waals surface area contributed by atoms with Crippen LogP contribution in [0.1, 0.15) is 69.4 Å². The molecule has 4 nitrogen and oxygen atoms in total. The summed E-state index contributed by atoms with van der Waals surface area (Å²) in [6, 6.07) is 0. The van der Waals surface area contributed by atoms with Gasteiger partial charge in [0.25, 0.3) is 0 Å². The molecule has 0 radical (unpaired) electrons. The third-order valence-electron chi connectivity index (χ3n) is 8.70. The van der Waals surface area contributed by atoms with E-state index < -0.39 is 0 Å². The number of nitrogens with zero attached hydrogens (tertiary/aromatic N) is 1. The maximum absolute atomic E-state index is 13.1. The number of nitrogens with one attached hydrogen (secondary N) is 2. The van der Waals surface area contributed by atoms with Crippen molar-refractivity contribution in [2.24, 2.45) is 34.5 Å². The average molecular weight is 354 g/mol. The number of aromatic amines is 1. The molecule has 2 N–H and O–H groups in total. The lowest BCUT2D eigenvalue weighted by Gasteiger charge is -2.57. The second-order valence-electron chi connectivity index (χ2n) is 9.65. The van der Waals surface area contributed by atoms with Crippen LogP contribution in [-0.2, 0) is 0 Å². The Morgan fingerprint density at radius 3 is 2.88 bits per heavy atom. The van der Waals surface area contributed by atoms with Crippen LogP contribution in [0.3, 0.4) is 0 Å². The maximum Gasteiger partial charge on any atom is 0.201 e. The number of Topliss-reactive ketones (excluding diaryl/α,β-unsaturated/α-hetero) is 1. The summed E-state index contributed by atoms with van der Waals surface area (Å²) in [5, 5.41) is 3.70. The van der Waals surface area contributed by atoms with Crippen molar-refractivity contribution in [3.05, 3.63) is 30.0 Å². The van der Waals surface area contributed by atoms with Gasteiger partial charge >= 0.3 is 0 Å². The van der Waals surface area contributed by atoms with Crippen molar-refractivity contribution in [3.8, 4) is 0 Å². The lowest BCUT2D eigenvalue weighted by Crippen LogP contribution is -2.52. The molecule has 0 unspecified atom stereocenters. The fraction of sp³-hybridized carbons (Fsp3) is 0.727. The van der Waals surface area contributed by atoms with Crippen LogP contribution in [0.5, 0.6) is 0 Å². The number of aromatic nitrogens is 2. The number of carbonyl (C=O) groups excluding carboxylic acids is 1. The number of piperidine rings is 1. The van der Waals surface area contributed by atoms with E-state index in [0.29, 0.717) is 17.2 Å². The lowest BCUT2D eigenvalue weighted by atomic mass is 9.49. The minimum Gasteiger partial charge on any atom is -0.388 e. The zero-order valence-corrected chi connectivity index (χ0v) is 16.1. The highest BCUT2D eigenvalue weighted by Gasteiger charge is 2.59. The van der Waals surface area contributed by atoms with E-state index in [1.165, 1.54) is 44.2 Å². The molecular weight excluding hydrogens is 322 g/mol. The van der Waals surface area contributed by atoms with Crippen LogP contribution < -0.4 is 5.32 Å². The number of rotatable bonds is 2. The van der Waals surface area contributed by atoms with Crippen LogP contribution >= 0.6 is 0 Å². The molecule has 3 fully saturated rings. The van der Waals surface area contributed by atoms with E-state index in [2.05, 4.69) is 35.2 Å². The number of H-pyrrole nitrogens is 1. The summed E-state index contributed by atoms with van der Waals surface area (Å²) in [4.78, 5) is 20.4. The number of allylic oxidation sites excluding steroid dienone is 2. The molecule has 5 rings (SSSR count). The molecule has 3 aliphatic carbocycles. The van der Waals surface area contributed by atoms with E-state index in [1.807, 2.05) is 0 Å². The smallest absolute Gasteiger partial charge is 0.201 e. The van der Waals surface area contributed by atoms with Crippen molar-refractivity contribution in [1.29, 1.82) is 0 Å². The molecule has 1 saturated heterocycles.